The lowest BCUT2D eigenvalue weighted by atomic mass is 10.2. The average molecular weight is 397 g/mol. The Kier molecular flexibility index (Phi) is 5.79. The summed E-state index contributed by atoms with van der Waals surface area (Å²) in [5.41, 5.74) is 1.74. The van der Waals surface area contributed by atoms with Gasteiger partial charge in [-0.25, -0.2) is 4.98 Å². The summed E-state index contributed by atoms with van der Waals surface area (Å²) in [6.45, 7) is 3.89. The van der Waals surface area contributed by atoms with Crippen molar-refractivity contribution in [1.29, 1.82) is 0 Å². The molecule has 0 aliphatic carbocycles. The van der Waals surface area contributed by atoms with E-state index in [4.69, 9.17) is 9.47 Å². The Hall–Kier alpha value is -1.86. The van der Waals surface area contributed by atoms with Crippen LogP contribution in [0.4, 0.5) is 5.13 Å². The van der Waals surface area contributed by atoms with Gasteiger partial charge in [0.15, 0.2) is 16.6 Å². The number of hydrogen-bond acceptors (Lipinski definition) is 5. The third-order valence-electron chi connectivity index (χ3n) is 3.14. The number of nitrogens with one attached hydrogen (secondary N) is 1. The molecule has 23 heavy (non-hydrogen) atoms. The average Bonchev–Trinajstić information content (AvgIpc) is 2.82. The number of carbonyl (C=O) groups is 1. The molecule has 2 aromatic rings. The normalized spacial score (nSPS) is 10.8. The highest BCUT2D eigenvalue weighted by Gasteiger charge is 2.10. The Morgan fingerprint density at radius 3 is 2.61 bits per heavy atom. The van der Waals surface area contributed by atoms with Gasteiger partial charge < -0.3 is 9.47 Å². The molecule has 2 rings (SSSR count). The first-order chi connectivity index (χ1) is 10.9. The van der Waals surface area contributed by atoms with E-state index in [0.29, 0.717) is 16.6 Å². The SMILES string of the molecule is COc1cc(/C=C/C(=O)Nc2nc(C)c(C)s2)cc(Br)c1OC. The number of aryl methyl sites for hydroxylation is 2. The molecule has 0 fully saturated rings. The Balaban J connectivity index is 2.13. The molecule has 0 aliphatic rings. The second-order valence-corrected chi connectivity index (χ2v) is 6.78. The van der Waals surface area contributed by atoms with Gasteiger partial charge in [-0.1, -0.05) is 0 Å². The molecule has 5 nitrogen and oxygen atoms in total. The van der Waals surface area contributed by atoms with Crippen LogP contribution in [-0.4, -0.2) is 25.1 Å². The van der Waals surface area contributed by atoms with Crippen molar-refractivity contribution in [2.75, 3.05) is 19.5 Å². The maximum atomic E-state index is 12.0. The maximum Gasteiger partial charge on any atom is 0.250 e. The van der Waals surface area contributed by atoms with E-state index in [1.807, 2.05) is 19.9 Å². The molecule has 0 aliphatic heterocycles. The molecule has 1 N–H and O–H groups in total. The summed E-state index contributed by atoms with van der Waals surface area (Å²) in [5.74, 6) is 0.973. The van der Waals surface area contributed by atoms with Crippen LogP contribution >= 0.6 is 27.3 Å². The van der Waals surface area contributed by atoms with Crippen LogP contribution in [-0.2, 0) is 4.79 Å². The van der Waals surface area contributed by atoms with E-state index in [2.05, 4.69) is 26.2 Å². The zero-order valence-corrected chi connectivity index (χ0v) is 15.7. The molecule has 122 valence electrons. The van der Waals surface area contributed by atoms with Gasteiger partial charge in [-0.15, -0.1) is 11.3 Å². The fourth-order valence-corrected chi connectivity index (χ4v) is 3.32. The number of rotatable bonds is 5. The fourth-order valence-electron chi connectivity index (χ4n) is 1.88. The number of halogens is 1. The maximum absolute atomic E-state index is 12.0. The molecule has 0 saturated heterocycles. The molecular weight excluding hydrogens is 380 g/mol. The summed E-state index contributed by atoms with van der Waals surface area (Å²) in [5, 5.41) is 3.35. The van der Waals surface area contributed by atoms with Gasteiger partial charge in [-0.3, -0.25) is 10.1 Å². The first-order valence-corrected chi connectivity index (χ1v) is 8.40. The topological polar surface area (TPSA) is 60.5 Å². The molecular formula is C16H17BrN2O3S. The number of benzene rings is 1. The minimum absolute atomic E-state index is 0.232. The van der Waals surface area contributed by atoms with E-state index in [9.17, 15) is 4.79 Å². The van der Waals surface area contributed by atoms with Crippen molar-refractivity contribution < 1.29 is 14.3 Å². The van der Waals surface area contributed by atoms with Crippen LogP contribution in [0, 0.1) is 13.8 Å². The van der Waals surface area contributed by atoms with Crippen LogP contribution in [0.15, 0.2) is 22.7 Å². The number of hydrogen-bond donors (Lipinski definition) is 1. The smallest absolute Gasteiger partial charge is 0.250 e. The van der Waals surface area contributed by atoms with E-state index < -0.39 is 0 Å². The van der Waals surface area contributed by atoms with Crippen molar-refractivity contribution in [2.45, 2.75) is 13.8 Å². The predicted octanol–water partition coefficient (Wildman–Crippen LogP) is 4.19. The summed E-state index contributed by atoms with van der Waals surface area (Å²) < 4.78 is 11.3. The van der Waals surface area contributed by atoms with Crippen molar-refractivity contribution >= 4 is 44.4 Å². The minimum Gasteiger partial charge on any atom is -0.493 e. The number of aromatic nitrogens is 1. The number of amides is 1. The van der Waals surface area contributed by atoms with Gasteiger partial charge in [0, 0.05) is 11.0 Å². The largest absolute Gasteiger partial charge is 0.493 e. The van der Waals surface area contributed by atoms with Crippen LogP contribution in [0.2, 0.25) is 0 Å². The lowest BCUT2D eigenvalue weighted by molar-refractivity contribution is -0.111. The lowest BCUT2D eigenvalue weighted by Crippen LogP contribution is -2.07. The number of carbonyl (C=O) groups excluding carboxylic acids is 1. The molecule has 0 radical (unpaired) electrons. The van der Waals surface area contributed by atoms with E-state index in [1.165, 1.54) is 17.4 Å². The van der Waals surface area contributed by atoms with Crippen LogP contribution in [0.3, 0.4) is 0 Å². The summed E-state index contributed by atoms with van der Waals surface area (Å²) in [4.78, 5) is 17.3. The Morgan fingerprint density at radius 2 is 2.04 bits per heavy atom. The third-order valence-corrected chi connectivity index (χ3v) is 4.72. The highest BCUT2D eigenvalue weighted by molar-refractivity contribution is 9.10. The standard InChI is InChI=1S/C16H17BrN2O3S/c1-9-10(2)23-16(18-9)19-14(20)6-5-11-7-12(17)15(22-4)13(8-11)21-3/h5-8H,1-4H3,(H,18,19,20)/b6-5+. The second kappa shape index (κ2) is 7.61. The van der Waals surface area contributed by atoms with Gasteiger partial charge in [-0.05, 0) is 53.5 Å². The Bertz CT molecular complexity index is 737. The highest BCUT2D eigenvalue weighted by atomic mass is 79.9. The first-order valence-electron chi connectivity index (χ1n) is 6.79. The van der Waals surface area contributed by atoms with Gasteiger partial charge in [0.2, 0.25) is 5.91 Å². The van der Waals surface area contributed by atoms with Gasteiger partial charge in [0.25, 0.3) is 0 Å². The summed E-state index contributed by atoms with van der Waals surface area (Å²) in [6, 6.07) is 3.65. The number of ether oxygens (including phenoxy) is 2. The lowest BCUT2D eigenvalue weighted by Gasteiger charge is -2.10. The van der Waals surface area contributed by atoms with Gasteiger partial charge in [-0.2, -0.15) is 0 Å². The molecule has 1 aromatic heterocycles. The number of nitrogens with zero attached hydrogens (tertiary/aromatic N) is 1. The summed E-state index contributed by atoms with van der Waals surface area (Å²) >= 11 is 4.88. The molecule has 0 spiro atoms. The molecule has 1 aromatic carbocycles. The zero-order valence-electron chi connectivity index (χ0n) is 13.3. The van der Waals surface area contributed by atoms with E-state index in [1.54, 1.807) is 26.4 Å². The minimum atomic E-state index is -0.232. The quantitative estimate of drug-likeness (QED) is 0.769. The van der Waals surface area contributed by atoms with Gasteiger partial charge in [0.1, 0.15) is 0 Å². The van der Waals surface area contributed by atoms with E-state index >= 15 is 0 Å². The first kappa shape index (κ1) is 17.5. The van der Waals surface area contributed by atoms with Crippen molar-refractivity contribution in [2.24, 2.45) is 0 Å². The van der Waals surface area contributed by atoms with E-state index in [-0.39, 0.29) is 5.91 Å². The number of anilines is 1. The van der Waals surface area contributed by atoms with Crippen molar-refractivity contribution in [3.63, 3.8) is 0 Å². The molecule has 0 unspecified atom stereocenters. The second-order valence-electron chi connectivity index (χ2n) is 4.72. The van der Waals surface area contributed by atoms with Crippen LogP contribution in [0.25, 0.3) is 6.08 Å². The van der Waals surface area contributed by atoms with Crippen molar-refractivity contribution in [1.82, 2.24) is 4.98 Å². The molecule has 7 heteroatoms. The zero-order chi connectivity index (χ0) is 17.0. The molecule has 0 bridgehead atoms. The van der Waals surface area contributed by atoms with Crippen LogP contribution in [0.1, 0.15) is 16.1 Å². The highest BCUT2D eigenvalue weighted by Crippen LogP contribution is 2.36. The fraction of sp³-hybridized carbons (Fsp3) is 0.250. The Labute approximate surface area is 147 Å². The van der Waals surface area contributed by atoms with Crippen molar-refractivity contribution in [3.05, 3.63) is 38.8 Å². The number of methoxy groups -OCH3 is 2. The van der Waals surface area contributed by atoms with Gasteiger partial charge >= 0.3 is 0 Å². The molecule has 0 saturated carbocycles. The number of thiazole rings is 1. The summed E-state index contributed by atoms with van der Waals surface area (Å²) in [6.07, 6.45) is 3.16. The predicted molar refractivity (Wildman–Crippen MR) is 96.5 cm³/mol. The third kappa shape index (κ3) is 4.33. The van der Waals surface area contributed by atoms with E-state index in [0.717, 1.165) is 20.6 Å². The van der Waals surface area contributed by atoms with Crippen LogP contribution < -0.4 is 14.8 Å². The Morgan fingerprint density at radius 1 is 1.30 bits per heavy atom. The van der Waals surface area contributed by atoms with Gasteiger partial charge in [0.05, 0.1) is 24.4 Å². The summed E-state index contributed by atoms with van der Waals surface area (Å²) in [7, 11) is 3.14. The monoisotopic (exact) mass is 396 g/mol. The molecule has 1 amide bonds. The molecule has 0 atom stereocenters. The van der Waals surface area contributed by atoms with Crippen LogP contribution in [0.5, 0.6) is 11.5 Å². The van der Waals surface area contributed by atoms with Crippen molar-refractivity contribution in [3.8, 4) is 11.5 Å². The molecule has 1 heterocycles.